The highest BCUT2D eigenvalue weighted by molar-refractivity contribution is 7.09. The molecule has 1 amide bonds. The number of hydrogen-bond donors (Lipinski definition) is 1. The molecule has 0 saturated carbocycles. The molecule has 1 atom stereocenters. The van der Waals surface area contributed by atoms with Crippen LogP contribution in [-0.2, 0) is 11.2 Å². The largest absolute Gasteiger partial charge is 0.479 e. The Morgan fingerprint density at radius 3 is 2.79 bits per heavy atom. The Balaban J connectivity index is 1.71. The molecule has 2 heterocycles. The van der Waals surface area contributed by atoms with Gasteiger partial charge in [0.15, 0.2) is 0 Å². The summed E-state index contributed by atoms with van der Waals surface area (Å²) in [6, 6.07) is 6.30. The Labute approximate surface area is 140 Å². The number of carbonyl (C=O) groups is 2. The number of thiazole rings is 1. The molecule has 1 fully saturated rings. The number of hydrogen-bond acceptors (Lipinski definition) is 4. The highest BCUT2D eigenvalue weighted by Crippen LogP contribution is 2.27. The number of halogens is 2. The fourth-order valence-corrected chi connectivity index (χ4v) is 3.37. The monoisotopic (exact) mass is 352 g/mol. The Bertz CT molecular complexity index is 795. The average Bonchev–Trinajstić information content (AvgIpc) is 3.17. The van der Waals surface area contributed by atoms with Crippen LogP contribution in [0.3, 0.4) is 0 Å². The summed E-state index contributed by atoms with van der Waals surface area (Å²) in [5, 5.41) is 11.0. The summed E-state index contributed by atoms with van der Waals surface area (Å²) in [6.45, 7) is -0.455. The number of benzene rings is 1. The SMILES string of the molecule is O=C(c1csc(Cc2ccccc2F)n1)N1CCC(F)(C(=O)O)C1. The lowest BCUT2D eigenvalue weighted by molar-refractivity contribution is -0.149. The van der Waals surface area contributed by atoms with Gasteiger partial charge < -0.3 is 10.0 Å². The van der Waals surface area contributed by atoms with E-state index in [1.807, 2.05) is 0 Å². The second-order valence-corrected chi connectivity index (χ2v) is 6.58. The second-order valence-electron chi connectivity index (χ2n) is 5.64. The molecule has 5 nitrogen and oxygen atoms in total. The maximum absolute atomic E-state index is 14.0. The molecule has 1 unspecified atom stereocenters. The lowest BCUT2D eigenvalue weighted by Gasteiger charge is -2.16. The summed E-state index contributed by atoms with van der Waals surface area (Å²) < 4.78 is 27.7. The number of aromatic nitrogens is 1. The lowest BCUT2D eigenvalue weighted by atomic mass is 10.1. The van der Waals surface area contributed by atoms with Gasteiger partial charge in [-0.1, -0.05) is 18.2 Å². The van der Waals surface area contributed by atoms with Crippen molar-refractivity contribution in [2.24, 2.45) is 0 Å². The van der Waals surface area contributed by atoms with Crippen molar-refractivity contribution in [1.82, 2.24) is 9.88 Å². The smallest absolute Gasteiger partial charge is 0.343 e. The Morgan fingerprint density at radius 1 is 1.38 bits per heavy atom. The van der Waals surface area contributed by atoms with Crippen LogP contribution in [0, 0.1) is 5.82 Å². The summed E-state index contributed by atoms with van der Waals surface area (Å²) in [6.07, 6.45) is 0.0209. The maximum Gasteiger partial charge on any atom is 0.343 e. The van der Waals surface area contributed by atoms with Gasteiger partial charge in [-0.05, 0) is 11.6 Å². The van der Waals surface area contributed by atoms with Crippen LogP contribution in [0.5, 0.6) is 0 Å². The first-order valence-electron chi connectivity index (χ1n) is 7.28. The van der Waals surface area contributed by atoms with Crippen molar-refractivity contribution in [3.8, 4) is 0 Å². The molecule has 24 heavy (non-hydrogen) atoms. The Morgan fingerprint density at radius 2 is 2.12 bits per heavy atom. The topological polar surface area (TPSA) is 70.5 Å². The standard InChI is InChI=1S/C16H14F2N2O3S/c17-11-4-2-1-3-10(11)7-13-19-12(8-24-13)14(21)20-6-5-16(18,9-20)15(22)23/h1-4,8H,5-7,9H2,(H,22,23). The molecule has 0 spiro atoms. The van der Waals surface area contributed by atoms with Crippen LogP contribution in [-0.4, -0.2) is 45.6 Å². The molecule has 0 radical (unpaired) electrons. The second kappa shape index (κ2) is 6.27. The summed E-state index contributed by atoms with van der Waals surface area (Å²) in [4.78, 5) is 28.6. The molecule has 2 aromatic rings. The fraction of sp³-hybridized carbons (Fsp3) is 0.312. The molecule has 1 aliphatic rings. The van der Waals surface area contributed by atoms with Gasteiger partial charge in [-0.2, -0.15) is 0 Å². The summed E-state index contributed by atoms with van der Waals surface area (Å²) in [5.74, 6) is -2.41. The predicted octanol–water partition coefficient (Wildman–Crippen LogP) is 2.51. The summed E-state index contributed by atoms with van der Waals surface area (Å²) >= 11 is 1.21. The summed E-state index contributed by atoms with van der Waals surface area (Å²) in [7, 11) is 0. The third kappa shape index (κ3) is 3.14. The number of carboxylic acid groups (broad SMARTS) is 1. The van der Waals surface area contributed by atoms with E-state index in [0.717, 1.165) is 4.90 Å². The number of aliphatic carboxylic acids is 1. The van der Waals surface area contributed by atoms with Gasteiger partial charge in [0.2, 0.25) is 5.67 Å². The average molecular weight is 352 g/mol. The first kappa shape index (κ1) is 16.5. The molecule has 3 rings (SSSR count). The van der Waals surface area contributed by atoms with Gasteiger partial charge in [0.05, 0.1) is 11.6 Å². The van der Waals surface area contributed by atoms with Crippen molar-refractivity contribution in [2.75, 3.05) is 13.1 Å². The van der Waals surface area contributed by atoms with Crippen molar-refractivity contribution in [2.45, 2.75) is 18.5 Å². The van der Waals surface area contributed by atoms with Crippen molar-refractivity contribution in [3.05, 3.63) is 51.7 Å². The van der Waals surface area contributed by atoms with Crippen LogP contribution >= 0.6 is 11.3 Å². The number of rotatable bonds is 4. The van der Waals surface area contributed by atoms with Crippen LogP contribution in [0.2, 0.25) is 0 Å². The van der Waals surface area contributed by atoms with E-state index in [1.165, 1.54) is 22.8 Å². The normalized spacial score (nSPS) is 20.3. The van der Waals surface area contributed by atoms with E-state index in [2.05, 4.69) is 4.98 Å². The molecule has 1 aliphatic heterocycles. The van der Waals surface area contributed by atoms with Crippen molar-refractivity contribution < 1.29 is 23.5 Å². The van der Waals surface area contributed by atoms with Crippen LogP contribution in [0.1, 0.15) is 27.5 Å². The van der Waals surface area contributed by atoms with E-state index in [0.29, 0.717) is 10.6 Å². The zero-order chi connectivity index (χ0) is 17.3. The van der Waals surface area contributed by atoms with Crippen LogP contribution in [0.25, 0.3) is 0 Å². The van der Waals surface area contributed by atoms with Crippen LogP contribution in [0.4, 0.5) is 8.78 Å². The van der Waals surface area contributed by atoms with Crippen molar-refractivity contribution in [1.29, 1.82) is 0 Å². The molecule has 126 valence electrons. The van der Waals surface area contributed by atoms with E-state index < -0.39 is 24.1 Å². The highest BCUT2D eigenvalue weighted by atomic mass is 32.1. The number of likely N-dealkylation sites (tertiary alicyclic amines) is 1. The molecular formula is C16H14F2N2O3S. The first-order valence-corrected chi connectivity index (χ1v) is 8.16. The molecule has 1 N–H and O–H groups in total. The summed E-state index contributed by atoms with van der Waals surface area (Å²) in [5.41, 5.74) is -1.80. The van der Waals surface area contributed by atoms with Gasteiger partial charge in [0.25, 0.3) is 5.91 Å². The van der Waals surface area contributed by atoms with Gasteiger partial charge in [-0.3, -0.25) is 4.79 Å². The van der Waals surface area contributed by atoms with Crippen molar-refractivity contribution >= 4 is 23.2 Å². The molecule has 0 bridgehead atoms. The number of nitrogens with zero attached hydrogens (tertiary/aromatic N) is 2. The van der Waals surface area contributed by atoms with E-state index in [1.54, 1.807) is 18.2 Å². The number of carboxylic acids is 1. The minimum Gasteiger partial charge on any atom is -0.479 e. The third-order valence-corrected chi connectivity index (χ3v) is 4.81. The maximum atomic E-state index is 14.0. The highest BCUT2D eigenvalue weighted by Gasteiger charge is 2.47. The molecule has 1 aromatic heterocycles. The molecular weight excluding hydrogens is 338 g/mol. The Hall–Kier alpha value is -2.35. The minimum absolute atomic E-state index is 0.0296. The predicted molar refractivity (Wildman–Crippen MR) is 83.3 cm³/mol. The quantitative estimate of drug-likeness (QED) is 0.918. The van der Waals surface area contributed by atoms with Gasteiger partial charge in [-0.15, -0.1) is 11.3 Å². The fourth-order valence-electron chi connectivity index (χ4n) is 2.58. The minimum atomic E-state index is -2.40. The molecule has 1 aromatic carbocycles. The zero-order valence-electron chi connectivity index (χ0n) is 12.5. The van der Waals surface area contributed by atoms with E-state index in [9.17, 15) is 18.4 Å². The lowest BCUT2D eigenvalue weighted by Crippen LogP contribution is -2.39. The Kier molecular flexibility index (Phi) is 4.31. The number of amides is 1. The van der Waals surface area contributed by atoms with Crippen molar-refractivity contribution in [3.63, 3.8) is 0 Å². The van der Waals surface area contributed by atoms with E-state index in [4.69, 9.17) is 5.11 Å². The molecule has 8 heteroatoms. The van der Waals surface area contributed by atoms with Gasteiger partial charge in [0.1, 0.15) is 11.5 Å². The van der Waals surface area contributed by atoms with E-state index in [-0.39, 0.29) is 30.9 Å². The number of alkyl halides is 1. The third-order valence-electron chi connectivity index (χ3n) is 3.96. The van der Waals surface area contributed by atoms with Crippen LogP contribution < -0.4 is 0 Å². The number of carbonyl (C=O) groups excluding carboxylic acids is 1. The first-order chi connectivity index (χ1) is 11.4. The van der Waals surface area contributed by atoms with Gasteiger partial charge >= 0.3 is 5.97 Å². The zero-order valence-corrected chi connectivity index (χ0v) is 13.4. The van der Waals surface area contributed by atoms with E-state index >= 15 is 0 Å². The van der Waals surface area contributed by atoms with Gasteiger partial charge in [-0.25, -0.2) is 18.6 Å². The molecule has 0 aliphatic carbocycles. The van der Waals surface area contributed by atoms with Gasteiger partial charge in [0, 0.05) is 24.8 Å². The molecule has 1 saturated heterocycles. The van der Waals surface area contributed by atoms with Crippen LogP contribution in [0.15, 0.2) is 29.6 Å².